The van der Waals surface area contributed by atoms with Crippen molar-refractivity contribution in [2.75, 3.05) is 12.3 Å². The predicted octanol–water partition coefficient (Wildman–Crippen LogP) is -0.346. The highest BCUT2D eigenvalue weighted by Gasteiger charge is 2.34. The van der Waals surface area contributed by atoms with Crippen molar-refractivity contribution in [3.8, 4) is 0 Å². The van der Waals surface area contributed by atoms with Crippen molar-refractivity contribution in [2.45, 2.75) is 24.9 Å². The van der Waals surface area contributed by atoms with Gasteiger partial charge in [-0.15, -0.1) is 0 Å². The van der Waals surface area contributed by atoms with Gasteiger partial charge in [0.2, 0.25) is 0 Å². The van der Waals surface area contributed by atoms with Gasteiger partial charge in [0.25, 0.3) is 0 Å². The lowest BCUT2D eigenvalue weighted by molar-refractivity contribution is -0.0430. The molecule has 3 rings (SSSR count). The van der Waals surface area contributed by atoms with Gasteiger partial charge in [0.05, 0.1) is 24.6 Å². The molecule has 0 amide bonds. The van der Waals surface area contributed by atoms with Crippen LogP contribution >= 0.6 is 0 Å². The lowest BCUT2D eigenvalue weighted by Gasteiger charge is -2.14. The van der Waals surface area contributed by atoms with Crippen molar-refractivity contribution in [1.82, 2.24) is 14.5 Å². The van der Waals surface area contributed by atoms with Crippen LogP contribution < -0.4 is 5.73 Å². The highest BCUT2D eigenvalue weighted by molar-refractivity contribution is 5.84. The van der Waals surface area contributed by atoms with Crippen LogP contribution in [0, 0.1) is 0 Å². The van der Waals surface area contributed by atoms with Crippen LogP contribution in [-0.4, -0.2) is 43.6 Å². The van der Waals surface area contributed by atoms with E-state index >= 15 is 0 Å². The summed E-state index contributed by atoms with van der Waals surface area (Å²) in [5.74, 6) is 0.364. The maximum atomic E-state index is 9.73. The molecular weight excluding hydrogens is 236 g/mol. The molecule has 0 aliphatic carbocycles. The lowest BCUT2D eigenvalue weighted by atomic mass is 10.2. The summed E-state index contributed by atoms with van der Waals surface area (Å²) < 4.78 is 7.37. The Labute approximate surface area is 103 Å². The second kappa shape index (κ2) is 4.20. The van der Waals surface area contributed by atoms with Crippen LogP contribution in [0.5, 0.6) is 0 Å². The first-order valence-electron chi connectivity index (χ1n) is 5.72. The van der Waals surface area contributed by atoms with Gasteiger partial charge in [0.1, 0.15) is 17.8 Å². The molecule has 7 heteroatoms. The van der Waals surface area contributed by atoms with E-state index in [0.29, 0.717) is 17.8 Å². The Bertz CT molecular complexity index is 570. The standard InChI is InChI=1S/C11H14N4O3/c12-11-10-6(1-2-13-11)15(5-14-10)9-3-7(17)8(4-16)18-9/h1-2,5,7-9,16-17H,3-4H2,(H2,12,13)/t7-,8+,9?/m0/s1. The number of rotatable bonds is 2. The van der Waals surface area contributed by atoms with E-state index in [1.54, 1.807) is 23.2 Å². The van der Waals surface area contributed by atoms with Crippen LogP contribution in [0.4, 0.5) is 5.82 Å². The molecular formula is C11H14N4O3. The molecule has 0 saturated carbocycles. The first-order valence-corrected chi connectivity index (χ1v) is 5.72. The molecule has 7 nitrogen and oxygen atoms in total. The number of nitrogens with two attached hydrogens (primary N) is 1. The molecule has 96 valence electrons. The zero-order chi connectivity index (χ0) is 12.7. The molecule has 1 fully saturated rings. The number of nitrogen functional groups attached to an aromatic ring is 1. The highest BCUT2D eigenvalue weighted by Crippen LogP contribution is 2.31. The van der Waals surface area contributed by atoms with Crippen molar-refractivity contribution in [1.29, 1.82) is 0 Å². The summed E-state index contributed by atoms with van der Waals surface area (Å²) in [6, 6.07) is 1.79. The highest BCUT2D eigenvalue weighted by atomic mass is 16.5. The number of pyridine rings is 1. The summed E-state index contributed by atoms with van der Waals surface area (Å²) in [6.07, 6.45) is 2.07. The van der Waals surface area contributed by atoms with E-state index in [-0.39, 0.29) is 12.8 Å². The van der Waals surface area contributed by atoms with Gasteiger partial charge in [-0.25, -0.2) is 9.97 Å². The van der Waals surface area contributed by atoms with Gasteiger partial charge in [-0.2, -0.15) is 0 Å². The average molecular weight is 250 g/mol. The summed E-state index contributed by atoms with van der Waals surface area (Å²) in [6.45, 7) is -0.200. The van der Waals surface area contributed by atoms with E-state index < -0.39 is 12.2 Å². The quantitative estimate of drug-likeness (QED) is 0.673. The summed E-state index contributed by atoms with van der Waals surface area (Å²) in [4.78, 5) is 8.16. The van der Waals surface area contributed by atoms with Gasteiger partial charge < -0.3 is 25.3 Å². The van der Waals surface area contributed by atoms with Crippen LogP contribution in [0.15, 0.2) is 18.6 Å². The minimum Gasteiger partial charge on any atom is -0.394 e. The van der Waals surface area contributed by atoms with Gasteiger partial charge in [-0.05, 0) is 6.07 Å². The monoisotopic (exact) mass is 250 g/mol. The van der Waals surface area contributed by atoms with Crippen molar-refractivity contribution in [3.05, 3.63) is 18.6 Å². The molecule has 2 aromatic heterocycles. The molecule has 1 aliphatic heterocycles. The smallest absolute Gasteiger partial charge is 0.151 e. The number of aliphatic hydroxyl groups is 2. The van der Waals surface area contributed by atoms with Gasteiger partial charge in [0, 0.05) is 12.6 Å². The first-order chi connectivity index (χ1) is 8.70. The molecule has 0 bridgehead atoms. The lowest BCUT2D eigenvalue weighted by Crippen LogP contribution is -2.24. The van der Waals surface area contributed by atoms with Crippen molar-refractivity contribution in [3.63, 3.8) is 0 Å². The van der Waals surface area contributed by atoms with Gasteiger partial charge in [-0.3, -0.25) is 0 Å². The largest absolute Gasteiger partial charge is 0.394 e. The number of anilines is 1. The maximum absolute atomic E-state index is 9.73. The van der Waals surface area contributed by atoms with Crippen LogP contribution in [0.1, 0.15) is 12.6 Å². The fraction of sp³-hybridized carbons (Fsp3) is 0.455. The van der Waals surface area contributed by atoms with Crippen LogP contribution in [0.25, 0.3) is 11.0 Å². The molecule has 3 heterocycles. The van der Waals surface area contributed by atoms with E-state index in [0.717, 1.165) is 5.52 Å². The molecule has 0 spiro atoms. The summed E-state index contributed by atoms with van der Waals surface area (Å²) >= 11 is 0. The predicted molar refractivity (Wildman–Crippen MR) is 63.6 cm³/mol. The second-order valence-corrected chi connectivity index (χ2v) is 4.33. The molecule has 1 unspecified atom stereocenters. The van der Waals surface area contributed by atoms with Crippen LogP contribution in [0.2, 0.25) is 0 Å². The number of fused-ring (bicyclic) bond motifs is 1. The number of nitrogens with zero attached hydrogens (tertiary/aromatic N) is 3. The summed E-state index contributed by atoms with van der Waals surface area (Å²) in [5, 5.41) is 18.8. The Morgan fingerprint density at radius 1 is 1.50 bits per heavy atom. The molecule has 3 atom stereocenters. The van der Waals surface area contributed by atoms with E-state index in [9.17, 15) is 5.11 Å². The van der Waals surface area contributed by atoms with Crippen molar-refractivity contribution >= 4 is 16.9 Å². The third-order valence-electron chi connectivity index (χ3n) is 3.22. The molecule has 0 radical (unpaired) electrons. The zero-order valence-corrected chi connectivity index (χ0v) is 9.60. The SMILES string of the molecule is Nc1nccc2c1ncn2C1C[C@H](O)[C@@H](CO)O1. The number of hydrogen-bond donors (Lipinski definition) is 3. The Balaban J connectivity index is 1.99. The van der Waals surface area contributed by atoms with Crippen LogP contribution in [0.3, 0.4) is 0 Å². The second-order valence-electron chi connectivity index (χ2n) is 4.33. The third-order valence-corrected chi connectivity index (χ3v) is 3.22. The fourth-order valence-corrected chi connectivity index (χ4v) is 2.26. The zero-order valence-electron chi connectivity index (χ0n) is 9.60. The summed E-state index contributed by atoms with van der Waals surface area (Å²) in [7, 11) is 0. The van der Waals surface area contributed by atoms with Crippen molar-refractivity contribution < 1.29 is 14.9 Å². The van der Waals surface area contributed by atoms with Gasteiger partial charge in [-0.1, -0.05) is 0 Å². The normalized spacial score (nSPS) is 28.0. The van der Waals surface area contributed by atoms with Gasteiger partial charge >= 0.3 is 0 Å². The number of imidazole rings is 1. The minimum atomic E-state index is -0.670. The number of aromatic nitrogens is 3. The van der Waals surface area contributed by atoms with Crippen LogP contribution in [-0.2, 0) is 4.74 Å². The Kier molecular flexibility index (Phi) is 2.66. The Morgan fingerprint density at radius 2 is 2.33 bits per heavy atom. The first kappa shape index (κ1) is 11.4. The van der Waals surface area contributed by atoms with E-state index in [2.05, 4.69) is 9.97 Å². The fourth-order valence-electron chi connectivity index (χ4n) is 2.26. The van der Waals surface area contributed by atoms with E-state index in [1.807, 2.05) is 0 Å². The molecule has 1 saturated heterocycles. The number of aliphatic hydroxyl groups excluding tert-OH is 2. The number of hydrogen-bond acceptors (Lipinski definition) is 6. The Hall–Kier alpha value is -1.70. The molecule has 1 aliphatic rings. The van der Waals surface area contributed by atoms with Crippen molar-refractivity contribution in [2.24, 2.45) is 0 Å². The number of ether oxygens (including phenoxy) is 1. The summed E-state index contributed by atoms with van der Waals surface area (Å²) in [5.41, 5.74) is 7.15. The molecule has 2 aromatic rings. The third kappa shape index (κ3) is 1.64. The van der Waals surface area contributed by atoms with E-state index in [4.69, 9.17) is 15.6 Å². The van der Waals surface area contributed by atoms with E-state index in [1.165, 1.54) is 0 Å². The molecule has 18 heavy (non-hydrogen) atoms. The molecule has 4 N–H and O–H groups in total. The minimum absolute atomic E-state index is 0.200. The Morgan fingerprint density at radius 3 is 3.06 bits per heavy atom. The average Bonchev–Trinajstić information content (AvgIpc) is 2.93. The maximum Gasteiger partial charge on any atom is 0.151 e. The molecule has 0 aromatic carbocycles. The topological polar surface area (TPSA) is 106 Å². The van der Waals surface area contributed by atoms with Gasteiger partial charge in [0.15, 0.2) is 5.82 Å².